The van der Waals surface area contributed by atoms with E-state index in [1.165, 1.54) is 12.2 Å². The van der Waals surface area contributed by atoms with Crippen molar-refractivity contribution in [3.8, 4) is 17.2 Å². The van der Waals surface area contributed by atoms with Crippen molar-refractivity contribution in [2.24, 2.45) is 0 Å². The van der Waals surface area contributed by atoms with Gasteiger partial charge >= 0.3 is 0 Å². The molecule has 0 aliphatic carbocycles. The highest BCUT2D eigenvalue weighted by atomic mass is 16.3. The average molecular weight is 194 g/mol. The number of rotatable bonds is 2. The lowest BCUT2D eigenvalue weighted by Crippen LogP contribution is -1.94. The molecule has 0 unspecified atom stereocenters. The zero-order valence-corrected chi connectivity index (χ0v) is 7.56. The minimum Gasteiger partial charge on any atom is -0.507 e. The second-order valence-corrected chi connectivity index (χ2v) is 2.72. The van der Waals surface area contributed by atoms with Gasteiger partial charge in [0.15, 0.2) is 17.3 Å². The fourth-order valence-electron chi connectivity index (χ4n) is 1.00. The third-order valence-corrected chi connectivity index (χ3v) is 1.68. The van der Waals surface area contributed by atoms with Gasteiger partial charge in [0.2, 0.25) is 0 Å². The highest BCUT2D eigenvalue weighted by Gasteiger charge is 2.12. The summed E-state index contributed by atoms with van der Waals surface area (Å²) in [6.45, 7) is 1.66. The maximum atomic E-state index is 11.3. The normalized spacial score (nSPS) is 10.6. The Kier molecular flexibility index (Phi) is 2.76. The molecule has 0 fully saturated rings. The van der Waals surface area contributed by atoms with Crippen LogP contribution < -0.4 is 0 Å². The molecule has 0 saturated heterocycles. The lowest BCUT2D eigenvalue weighted by Gasteiger charge is -2.03. The Hall–Kier alpha value is -1.97. The van der Waals surface area contributed by atoms with Crippen molar-refractivity contribution in [1.82, 2.24) is 0 Å². The van der Waals surface area contributed by atoms with E-state index in [1.54, 1.807) is 6.92 Å². The summed E-state index contributed by atoms with van der Waals surface area (Å²) < 4.78 is 0. The predicted octanol–water partition coefficient (Wildman–Crippen LogP) is 1.56. The van der Waals surface area contributed by atoms with Gasteiger partial charge in [0.25, 0.3) is 0 Å². The van der Waals surface area contributed by atoms with Crippen molar-refractivity contribution in [3.05, 3.63) is 29.8 Å². The second kappa shape index (κ2) is 3.83. The van der Waals surface area contributed by atoms with E-state index in [1.807, 2.05) is 0 Å². The Labute approximate surface area is 80.7 Å². The van der Waals surface area contributed by atoms with Gasteiger partial charge in [-0.2, -0.15) is 0 Å². The van der Waals surface area contributed by atoms with Gasteiger partial charge in [0.1, 0.15) is 5.75 Å². The molecule has 3 N–H and O–H groups in total. The number of carbonyl (C=O) groups is 1. The molecule has 0 spiro atoms. The zero-order chi connectivity index (χ0) is 10.7. The number of hydrogen-bond donors (Lipinski definition) is 3. The van der Waals surface area contributed by atoms with E-state index >= 15 is 0 Å². The van der Waals surface area contributed by atoms with E-state index in [4.69, 9.17) is 10.2 Å². The summed E-state index contributed by atoms with van der Waals surface area (Å²) in [4.78, 5) is 11.3. The highest BCUT2D eigenvalue weighted by Crippen LogP contribution is 2.32. The summed E-state index contributed by atoms with van der Waals surface area (Å²) in [6.07, 6.45) is 2.78. The standard InChI is InChI=1S/C10H10O4/c1-2-3-7(11)6-4-9(13)10(14)5-8(6)12/h2-5,12-14H,1H3/b3-2+. The van der Waals surface area contributed by atoms with E-state index in [-0.39, 0.29) is 11.3 Å². The molecular weight excluding hydrogens is 184 g/mol. The molecular formula is C10H10O4. The van der Waals surface area contributed by atoms with Crippen LogP contribution in [0.4, 0.5) is 0 Å². The molecule has 0 heterocycles. The molecule has 0 saturated carbocycles. The SMILES string of the molecule is C/C=C/C(=O)c1cc(O)c(O)cc1O. The molecule has 0 amide bonds. The first-order valence-corrected chi connectivity index (χ1v) is 3.98. The van der Waals surface area contributed by atoms with Crippen LogP contribution in [0, 0.1) is 0 Å². The topological polar surface area (TPSA) is 77.8 Å². The number of ketones is 1. The minimum absolute atomic E-state index is 0.0431. The van der Waals surface area contributed by atoms with Gasteiger partial charge in [-0.3, -0.25) is 4.79 Å². The third-order valence-electron chi connectivity index (χ3n) is 1.68. The summed E-state index contributed by atoms with van der Waals surface area (Å²) in [5.41, 5.74) is -0.0431. The maximum absolute atomic E-state index is 11.3. The fraction of sp³-hybridized carbons (Fsp3) is 0.100. The fourth-order valence-corrected chi connectivity index (χ4v) is 1.00. The Balaban J connectivity index is 3.22. The summed E-state index contributed by atoms with van der Waals surface area (Å²) >= 11 is 0. The van der Waals surface area contributed by atoms with Gasteiger partial charge in [-0.15, -0.1) is 0 Å². The number of benzene rings is 1. The van der Waals surface area contributed by atoms with E-state index in [9.17, 15) is 9.90 Å². The lowest BCUT2D eigenvalue weighted by atomic mass is 10.1. The lowest BCUT2D eigenvalue weighted by molar-refractivity contribution is 0.104. The van der Waals surface area contributed by atoms with Crippen molar-refractivity contribution >= 4 is 5.78 Å². The van der Waals surface area contributed by atoms with Crippen LogP contribution in [0.5, 0.6) is 17.2 Å². The maximum Gasteiger partial charge on any atom is 0.189 e. The molecule has 0 aliphatic heterocycles. The summed E-state index contributed by atoms with van der Waals surface area (Å²) in [7, 11) is 0. The summed E-state index contributed by atoms with van der Waals surface area (Å²) in [5.74, 6) is -1.68. The van der Waals surface area contributed by atoms with E-state index in [0.29, 0.717) is 0 Å². The average Bonchev–Trinajstić information content (AvgIpc) is 2.11. The van der Waals surface area contributed by atoms with Crippen LogP contribution in [0.3, 0.4) is 0 Å². The van der Waals surface area contributed by atoms with Crippen molar-refractivity contribution in [1.29, 1.82) is 0 Å². The minimum atomic E-state index is -0.459. The molecule has 1 aromatic rings. The second-order valence-electron chi connectivity index (χ2n) is 2.72. The van der Waals surface area contributed by atoms with Crippen molar-refractivity contribution in [3.63, 3.8) is 0 Å². The van der Waals surface area contributed by atoms with Crippen LogP contribution in [0.1, 0.15) is 17.3 Å². The number of aromatic hydroxyl groups is 3. The Morgan fingerprint density at radius 1 is 1.14 bits per heavy atom. The highest BCUT2D eigenvalue weighted by molar-refractivity contribution is 6.06. The Bertz CT molecular complexity index is 393. The molecule has 1 rings (SSSR count). The van der Waals surface area contributed by atoms with Gasteiger partial charge in [-0.1, -0.05) is 6.08 Å². The number of hydrogen-bond acceptors (Lipinski definition) is 4. The molecule has 74 valence electrons. The molecule has 4 heteroatoms. The quantitative estimate of drug-likeness (QED) is 0.289. The van der Waals surface area contributed by atoms with E-state index < -0.39 is 17.3 Å². The molecule has 0 bridgehead atoms. The number of phenolic OH excluding ortho intramolecular Hbond substituents is 3. The van der Waals surface area contributed by atoms with Crippen LogP contribution in [-0.2, 0) is 0 Å². The van der Waals surface area contributed by atoms with Crippen LogP contribution in [0.15, 0.2) is 24.3 Å². The van der Waals surface area contributed by atoms with Gasteiger partial charge < -0.3 is 15.3 Å². The number of allylic oxidation sites excluding steroid dienone is 2. The van der Waals surface area contributed by atoms with E-state index in [2.05, 4.69) is 0 Å². The molecule has 1 aromatic carbocycles. The monoisotopic (exact) mass is 194 g/mol. The third kappa shape index (κ3) is 1.85. The van der Waals surface area contributed by atoms with Crippen LogP contribution >= 0.6 is 0 Å². The van der Waals surface area contributed by atoms with E-state index in [0.717, 1.165) is 12.1 Å². The largest absolute Gasteiger partial charge is 0.507 e. The van der Waals surface area contributed by atoms with Crippen molar-refractivity contribution in [2.45, 2.75) is 6.92 Å². The predicted molar refractivity (Wildman–Crippen MR) is 50.6 cm³/mol. The molecule has 0 atom stereocenters. The van der Waals surface area contributed by atoms with Gasteiger partial charge in [-0.05, 0) is 19.1 Å². The smallest absolute Gasteiger partial charge is 0.189 e. The van der Waals surface area contributed by atoms with Gasteiger partial charge in [0.05, 0.1) is 5.56 Å². The van der Waals surface area contributed by atoms with Crippen molar-refractivity contribution < 1.29 is 20.1 Å². The van der Waals surface area contributed by atoms with Crippen LogP contribution in [0.2, 0.25) is 0 Å². The van der Waals surface area contributed by atoms with Crippen LogP contribution in [0.25, 0.3) is 0 Å². The van der Waals surface area contributed by atoms with Gasteiger partial charge in [0, 0.05) is 6.07 Å². The Morgan fingerprint density at radius 2 is 1.71 bits per heavy atom. The molecule has 4 nitrogen and oxygen atoms in total. The molecule has 0 aliphatic rings. The Morgan fingerprint density at radius 3 is 2.29 bits per heavy atom. The first kappa shape index (κ1) is 10.1. The first-order valence-electron chi connectivity index (χ1n) is 3.98. The first-order chi connectivity index (χ1) is 6.56. The number of carbonyl (C=O) groups excluding carboxylic acids is 1. The summed E-state index contributed by atoms with van der Waals surface area (Å²) in [5, 5.41) is 27.4. The molecule has 0 aromatic heterocycles. The summed E-state index contributed by atoms with van der Waals surface area (Å²) in [6, 6.07) is 1.94. The molecule has 0 radical (unpaired) electrons. The van der Waals surface area contributed by atoms with Crippen molar-refractivity contribution in [2.75, 3.05) is 0 Å². The number of phenols is 3. The van der Waals surface area contributed by atoms with Crippen LogP contribution in [-0.4, -0.2) is 21.1 Å². The van der Waals surface area contributed by atoms with Gasteiger partial charge in [-0.25, -0.2) is 0 Å². The molecule has 14 heavy (non-hydrogen) atoms. The zero-order valence-electron chi connectivity index (χ0n) is 7.56.